The Labute approximate surface area is 128 Å². The third kappa shape index (κ3) is 2.59. The van der Waals surface area contributed by atoms with Crippen molar-refractivity contribution in [1.29, 1.82) is 0 Å². The smallest absolute Gasteiger partial charge is 0.261 e. The van der Waals surface area contributed by atoms with E-state index < -0.39 is 0 Å². The third-order valence-corrected chi connectivity index (χ3v) is 3.81. The molecule has 0 bridgehead atoms. The molecule has 0 fully saturated rings. The van der Waals surface area contributed by atoms with Crippen LogP contribution in [0, 0.1) is 0 Å². The fraction of sp³-hybridized carbons (Fsp3) is 0.312. The number of fused-ring (bicyclic) bond motifs is 1. The normalized spacial score (nSPS) is 12.5. The summed E-state index contributed by atoms with van der Waals surface area (Å²) in [5.41, 5.74) is 0.558. The van der Waals surface area contributed by atoms with Crippen molar-refractivity contribution in [1.82, 2.24) is 19.3 Å². The van der Waals surface area contributed by atoms with Crippen molar-refractivity contribution in [2.24, 2.45) is 0 Å². The molecule has 22 heavy (non-hydrogen) atoms. The Balaban J connectivity index is 1.90. The minimum Gasteiger partial charge on any atom is -0.494 e. The number of aryl methyl sites for hydroxylation is 1. The van der Waals surface area contributed by atoms with Crippen molar-refractivity contribution >= 4 is 10.9 Å². The summed E-state index contributed by atoms with van der Waals surface area (Å²) < 4.78 is 8.79. The summed E-state index contributed by atoms with van der Waals surface area (Å²) in [7, 11) is 1.58. The van der Waals surface area contributed by atoms with E-state index in [0.29, 0.717) is 16.7 Å². The van der Waals surface area contributed by atoms with Crippen LogP contribution in [-0.2, 0) is 6.54 Å². The standard InChI is InChI=1S/C16H18N4O2/c1-12(7-10-19-9-4-8-18-19)20-11-17-15-13(16(20)21)5-3-6-14(15)22-2/h3-6,8-9,11-12H,7,10H2,1-2H3/t12-/m1/s1. The first-order valence-electron chi connectivity index (χ1n) is 7.22. The lowest BCUT2D eigenvalue weighted by molar-refractivity contribution is 0.417. The van der Waals surface area contributed by atoms with E-state index in [9.17, 15) is 4.79 Å². The van der Waals surface area contributed by atoms with Gasteiger partial charge in [-0.15, -0.1) is 0 Å². The number of hydrogen-bond donors (Lipinski definition) is 0. The van der Waals surface area contributed by atoms with Crippen LogP contribution < -0.4 is 10.3 Å². The van der Waals surface area contributed by atoms with Crippen molar-refractivity contribution in [3.63, 3.8) is 0 Å². The summed E-state index contributed by atoms with van der Waals surface area (Å²) in [6.45, 7) is 2.77. The number of para-hydroxylation sites is 1. The Hall–Kier alpha value is -2.63. The van der Waals surface area contributed by atoms with Crippen molar-refractivity contribution in [2.75, 3.05) is 7.11 Å². The van der Waals surface area contributed by atoms with E-state index in [4.69, 9.17) is 4.74 Å². The van der Waals surface area contributed by atoms with Gasteiger partial charge in [-0.3, -0.25) is 14.0 Å². The molecule has 3 rings (SSSR count). The van der Waals surface area contributed by atoms with Gasteiger partial charge in [0.15, 0.2) is 0 Å². The van der Waals surface area contributed by atoms with Crippen LogP contribution in [0.3, 0.4) is 0 Å². The lowest BCUT2D eigenvalue weighted by Crippen LogP contribution is -2.24. The molecule has 0 N–H and O–H groups in total. The fourth-order valence-corrected chi connectivity index (χ4v) is 2.51. The summed E-state index contributed by atoms with van der Waals surface area (Å²) in [5, 5.41) is 4.75. The highest BCUT2D eigenvalue weighted by Gasteiger charge is 2.12. The molecule has 1 atom stereocenters. The molecule has 0 aliphatic carbocycles. The van der Waals surface area contributed by atoms with Crippen molar-refractivity contribution < 1.29 is 4.74 Å². The van der Waals surface area contributed by atoms with Gasteiger partial charge in [-0.2, -0.15) is 5.10 Å². The first-order chi connectivity index (χ1) is 10.7. The number of aromatic nitrogens is 4. The zero-order chi connectivity index (χ0) is 15.5. The second-order valence-electron chi connectivity index (χ2n) is 5.22. The van der Waals surface area contributed by atoms with Gasteiger partial charge in [0, 0.05) is 25.0 Å². The summed E-state index contributed by atoms with van der Waals surface area (Å²) in [5.74, 6) is 0.617. The average molecular weight is 298 g/mol. The molecular formula is C16H18N4O2. The molecule has 0 amide bonds. The molecule has 0 saturated heterocycles. The third-order valence-electron chi connectivity index (χ3n) is 3.81. The summed E-state index contributed by atoms with van der Waals surface area (Å²) in [4.78, 5) is 17.0. The highest BCUT2D eigenvalue weighted by atomic mass is 16.5. The van der Waals surface area contributed by atoms with Gasteiger partial charge < -0.3 is 4.74 Å². The maximum Gasteiger partial charge on any atom is 0.261 e. The van der Waals surface area contributed by atoms with E-state index in [1.165, 1.54) is 0 Å². The van der Waals surface area contributed by atoms with Crippen LogP contribution in [-0.4, -0.2) is 26.4 Å². The fourth-order valence-electron chi connectivity index (χ4n) is 2.51. The Morgan fingerprint density at radius 3 is 2.91 bits per heavy atom. The lowest BCUT2D eigenvalue weighted by atomic mass is 10.2. The van der Waals surface area contributed by atoms with Crippen LogP contribution in [0.1, 0.15) is 19.4 Å². The summed E-state index contributed by atoms with van der Waals surface area (Å²) in [6, 6.07) is 7.33. The molecular weight excluding hydrogens is 280 g/mol. The minimum absolute atomic E-state index is 0.0415. The van der Waals surface area contributed by atoms with Gasteiger partial charge in [0.1, 0.15) is 11.3 Å². The largest absolute Gasteiger partial charge is 0.494 e. The quantitative estimate of drug-likeness (QED) is 0.725. The Bertz CT molecular complexity index is 824. The number of nitrogens with zero attached hydrogens (tertiary/aromatic N) is 4. The van der Waals surface area contributed by atoms with Crippen LogP contribution in [0.4, 0.5) is 0 Å². The first-order valence-corrected chi connectivity index (χ1v) is 7.22. The predicted octanol–water partition coefficient (Wildman–Crippen LogP) is 2.25. The highest BCUT2D eigenvalue weighted by Crippen LogP contribution is 2.21. The van der Waals surface area contributed by atoms with Crippen LogP contribution >= 0.6 is 0 Å². The first kappa shape index (κ1) is 14.3. The van der Waals surface area contributed by atoms with Gasteiger partial charge >= 0.3 is 0 Å². The molecule has 2 aromatic heterocycles. The van der Waals surface area contributed by atoms with Gasteiger partial charge in [-0.25, -0.2) is 4.98 Å². The van der Waals surface area contributed by atoms with Crippen molar-refractivity contribution in [3.8, 4) is 5.75 Å². The van der Waals surface area contributed by atoms with Crippen LogP contribution in [0.5, 0.6) is 5.75 Å². The van der Waals surface area contributed by atoms with Gasteiger partial charge in [0.05, 0.1) is 18.8 Å². The SMILES string of the molecule is COc1cccc2c(=O)n([C@H](C)CCn3cccn3)cnc12. The number of benzene rings is 1. The molecule has 0 aliphatic rings. The average Bonchev–Trinajstić information content (AvgIpc) is 3.06. The second kappa shape index (κ2) is 6.01. The molecule has 0 unspecified atom stereocenters. The van der Waals surface area contributed by atoms with E-state index in [1.54, 1.807) is 36.3 Å². The maximum absolute atomic E-state index is 12.6. The highest BCUT2D eigenvalue weighted by molar-refractivity contribution is 5.83. The summed E-state index contributed by atoms with van der Waals surface area (Å²) >= 11 is 0. The second-order valence-corrected chi connectivity index (χ2v) is 5.22. The number of methoxy groups -OCH3 is 1. The van der Waals surface area contributed by atoms with Gasteiger partial charge in [-0.1, -0.05) is 6.07 Å². The Morgan fingerprint density at radius 1 is 1.32 bits per heavy atom. The molecule has 0 saturated carbocycles. The molecule has 0 spiro atoms. The summed E-state index contributed by atoms with van der Waals surface area (Å²) in [6.07, 6.45) is 6.07. The lowest BCUT2D eigenvalue weighted by Gasteiger charge is -2.15. The van der Waals surface area contributed by atoms with Crippen LogP contribution in [0.15, 0.2) is 47.8 Å². The number of hydrogen-bond acceptors (Lipinski definition) is 4. The monoisotopic (exact) mass is 298 g/mol. The van der Waals surface area contributed by atoms with E-state index in [-0.39, 0.29) is 11.6 Å². The molecule has 0 aliphatic heterocycles. The molecule has 114 valence electrons. The van der Waals surface area contributed by atoms with E-state index in [1.807, 2.05) is 29.9 Å². The molecule has 2 heterocycles. The number of rotatable bonds is 5. The topological polar surface area (TPSA) is 61.9 Å². The predicted molar refractivity (Wildman–Crippen MR) is 84.1 cm³/mol. The van der Waals surface area contributed by atoms with Crippen molar-refractivity contribution in [3.05, 3.63) is 53.3 Å². The number of ether oxygens (including phenoxy) is 1. The molecule has 0 radical (unpaired) electrons. The van der Waals surface area contributed by atoms with E-state index in [2.05, 4.69) is 10.1 Å². The van der Waals surface area contributed by atoms with E-state index in [0.717, 1.165) is 13.0 Å². The molecule has 6 heteroatoms. The van der Waals surface area contributed by atoms with Gasteiger partial charge in [0.2, 0.25) is 0 Å². The van der Waals surface area contributed by atoms with Gasteiger partial charge in [0.25, 0.3) is 5.56 Å². The van der Waals surface area contributed by atoms with Crippen molar-refractivity contribution in [2.45, 2.75) is 25.9 Å². The van der Waals surface area contributed by atoms with E-state index >= 15 is 0 Å². The minimum atomic E-state index is -0.0446. The molecule has 6 nitrogen and oxygen atoms in total. The Morgan fingerprint density at radius 2 is 2.18 bits per heavy atom. The molecule has 3 aromatic rings. The zero-order valence-electron chi connectivity index (χ0n) is 12.6. The van der Waals surface area contributed by atoms with Crippen LogP contribution in [0.2, 0.25) is 0 Å². The zero-order valence-corrected chi connectivity index (χ0v) is 12.6. The molecule has 1 aromatic carbocycles. The van der Waals surface area contributed by atoms with Crippen LogP contribution in [0.25, 0.3) is 10.9 Å². The Kier molecular flexibility index (Phi) is 3.91. The maximum atomic E-state index is 12.6. The van der Waals surface area contributed by atoms with Gasteiger partial charge in [-0.05, 0) is 31.5 Å².